The first kappa shape index (κ1) is 16.4. The van der Waals surface area contributed by atoms with Gasteiger partial charge in [-0.15, -0.1) is 4.57 Å². The second kappa shape index (κ2) is 7.80. The van der Waals surface area contributed by atoms with Crippen molar-refractivity contribution in [1.82, 2.24) is 0 Å². The summed E-state index contributed by atoms with van der Waals surface area (Å²) in [5, 5.41) is 0. The molecule has 0 aliphatic heterocycles. The van der Waals surface area contributed by atoms with Gasteiger partial charge in [0.25, 0.3) is 0 Å². The van der Waals surface area contributed by atoms with E-state index in [1.165, 1.54) is 0 Å². The highest BCUT2D eigenvalue weighted by Crippen LogP contribution is 2.10. The fourth-order valence-electron chi connectivity index (χ4n) is 2.08. The molecule has 0 aliphatic carbocycles. The van der Waals surface area contributed by atoms with Crippen LogP contribution in [0.1, 0.15) is 24.2 Å². The van der Waals surface area contributed by atoms with Crippen LogP contribution in [-0.2, 0) is 0 Å². The van der Waals surface area contributed by atoms with Gasteiger partial charge in [-0.25, -0.2) is 4.79 Å². The molecule has 1 aromatic heterocycles. The maximum atomic E-state index is 12.2. The molecule has 3 nitrogen and oxygen atoms in total. The summed E-state index contributed by atoms with van der Waals surface area (Å²) in [5.41, 5.74) is 1.84. The second-order valence-electron chi connectivity index (χ2n) is 4.31. The largest absolute Gasteiger partial charge is 1.00 e. The summed E-state index contributed by atoms with van der Waals surface area (Å²) in [6, 6.07) is 13.3. The van der Waals surface area contributed by atoms with E-state index in [4.69, 9.17) is 0 Å². The smallest absolute Gasteiger partial charge is 0.424 e. The Labute approximate surface area is 130 Å². The molecule has 106 valence electrons. The summed E-state index contributed by atoms with van der Waals surface area (Å²) in [4.78, 5) is 14.5. The second-order valence-corrected chi connectivity index (χ2v) is 4.31. The van der Waals surface area contributed by atoms with Crippen LogP contribution in [-0.4, -0.2) is 19.0 Å². The zero-order chi connectivity index (χ0) is 13.7. The molecule has 0 fully saturated rings. The van der Waals surface area contributed by atoms with Crippen molar-refractivity contribution in [3.05, 3.63) is 60.4 Å². The first-order valence-electron chi connectivity index (χ1n) is 6.62. The number of benzene rings is 1. The number of rotatable bonds is 4. The van der Waals surface area contributed by atoms with Crippen LogP contribution in [0.4, 0.5) is 5.69 Å². The van der Waals surface area contributed by atoms with Crippen LogP contribution in [0.5, 0.6) is 0 Å². The van der Waals surface area contributed by atoms with Gasteiger partial charge in [0.1, 0.15) is 0 Å². The molecule has 0 atom stereocenters. The van der Waals surface area contributed by atoms with Crippen LogP contribution in [0.3, 0.4) is 0 Å². The molecule has 4 heteroatoms. The molecule has 0 N–H and O–H groups in total. The molecule has 20 heavy (non-hydrogen) atoms. The first-order chi connectivity index (χ1) is 9.26. The topological polar surface area (TPSA) is 24.2 Å². The Kier molecular flexibility index (Phi) is 6.39. The summed E-state index contributed by atoms with van der Waals surface area (Å²) in [5.74, 6) is -0.00769. The van der Waals surface area contributed by atoms with E-state index in [0.717, 1.165) is 18.8 Å². The molecule has 2 rings (SSSR count). The molecule has 1 aromatic carbocycles. The number of carbonyl (C=O) groups excluding carboxylic acids is 1. The molecule has 0 aliphatic rings. The fraction of sp³-hybridized carbons (Fsp3) is 0.250. The molecular weight excluding hydrogens is 316 g/mol. The Hall–Kier alpha value is -1.68. The van der Waals surface area contributed by atoms with Gasteiger partial charge in [-0.1, -0.05) is 18.2 Å². The molecule has 0 bridgehead atoms. The maximum absolute atomic E-state index is 12.2. The number of carbonyl (C=O) groups is 1. The van der Waals surface area contributed by atoms with Crippen molar-refractivity contribution in [3.8, 4) is 0 Å². The normalized spacial score (nSPS) is 9.70. The lowest BCUT2D eigenvalue weighted by Gasteiger charge is -2.19. The summed E-state index contributed by atoms with van der Waals surface area (Å²) >= 11 is 0. The molecular formula is C16H19BrN2O. The van der Waals surface area contributed by atoms with Crippen molar-refractivity contribution < 1.29 is 26.3 Å². The Morgan fingerprint density at radius 1 is 1.00 bits per heavy atom. The van der Waals surface area contributed by atoms with Crippen LogP contribution in [0.15, 0.2) is 54.9 Å². The summed E-state index contributed by atoms with van der Waals surface area (Å²) in [7, 11) is 0. The number of halogens is 1. The minimum atomic E-state index is -0.00769. The summed E-state index contributed by atoms with van der Waals surface area (Å²) in [6.07, 6.45) is 3.64. The van der Waals surface area contributed by atoms with Gasteiger partial charge >= 0.3 is 5.91 Å². The van der Waals surface area contributed by atoms with Crippen molar-refractivity contribution in [2.45, 2.75) is 13.8 Å². The highest BCUT2D eigenvalue weighted by Gasteiger charge is 2.16. The quantitative estimate of drug-likeness (QED) is 0.705. The van der Waals surface area contributed by atoms with E-state index in [9.17, 15) is 4.79 Å². The molecule has 0 amide bonds. The molecule has 0 saturated heterocycles. The number of anilines is 1. The van der Waals surface area contributed by atoms with Crippen LogP contribution >= 0.6 is 0 Å². The minimum Gasteiger partial charge on any atom is -1.00 e. The van der Waals surface area contributed by atoms with Crippen LogP contribution in [0, 0.1) is 0 Å². The first-order valence-corrected chi connectivity index (χ1v) is 6.62. The molecule has 0 spiro atoms. The lowest BCUT2D eigenvalue weighted by molar-refractivity contribution is -0.570. The molecule has 2 aromatic rings. The Morgan fingerprint density at radius 3 is 2.05 bits per heavy atom. The SMILES string of the molecule is CCN(CC)c1cc[n+](C(=O)c2ccccc2)cc1.[Br-]. The van der Waals surface area contributed by atoms with Gasteiger partial charge in [0, 0.05) is 30.9 Å². The van der Waals surface area contributed by atoms with E-state index in [2.05, 4.69) is 18.7 Å². The number of hydrogen-bond donors (Lipinski definition) is 0. The zero-order valence-corrected chi connectivity index (χ0v) is 13.4. The Bertz CT molecular complexity index is 536. The third-order valence-corrected chi connectivity index (χ3v) is 3.20. The lowest BCUT2D eigenvalue weighted by atomic mass is 10.2. The van der Waals surface area contributed by atoms with Gasteiger partial charge in [0.05, 0.1) is 5.56 Å². The van der Waals surface area contributed by atoms with E-state index in [1.54, 1.807) is 4.57 Å². The van der Waals surface area contributed by atoms with Gasteiger partial charge < -0.3 is 21.9 Å². The third-order valence-electron chi connectivity index (χ3n) is 3.20. The predicted octanol–water partition coefficient (Wildman–Crippen LogP) is -0.487. The Morgan fingerprint density at radius 2 is 1.55 bits per heavy atom. The minimum absolute atomic E-state index is 0. The monoisotopic (exact) mass is 334 g/mol. The van der Waals surface area contributed by atoms with Gasteiger partial charge in [-0.2, -0.15) is 0 Å². The zero-order valence-electron chi connectivity index (χ0n) is 11.8. The number of pyridine rings is 1. The van der Waals surface area contributed by atoms with Crippen molar-refractivity contribution in [2.24, 2.45) is 0 Å². The van der Waals surface area contributed by atoms with Gasteiger partial charge in [0.15, 0.2) is 12.4 Å². The van der Waals surface area contributed by atoms with E-state index >= 15 is 0 Å². The highest BCUT2D eigenvalue weighted by molar-refractivity contribution is 5.86. The fourth-order valence-corrected chi connectivity index (χ4v) is 2.08. The summed E-state index contributed by atoms with van der Waals surface area (Å²) in [6.45, 7) is 6.18. The van der Waals surface area contributed by atoms with Crippen LogP contribution < -0.4 is 26.4 Å². The molecule has 0 radical (unpaired) electrons. The molecule has 1 heterocycles. The Balaban J connectivity index is 0.00000200. The molecule has 0 saturated carbocycles. The standard InChI is InChI=1S/C16H19N2O.BrH/c1-3-17(4-2)15-10-12-18(13-11-15)16(19)14-8-6-5-7-9-14;/h5-13H,3-4H2,1-2H3;1H/q+1;/p-1. The van der Waals surface area contributed by atoms with E-state index in [0.29, 0.717) is 5.56 Å². The van der Waals surface area contributed by atoms with Crippen molar-refractivity contribution in [3.63, 3.8) is 0 Å². The number of nitrogens with zero attached hydrogens (tertiary/aromatic N) is 2. The lowest BCUT2D eigenvalue weighted by Crippen LogP contribution is -3.00. The highest BCUT2D eigenvalue weighted by atomic mass is 79.9. The van der Waals surface area contributed by atoms with Crippen molar-refractivity contribution >= 4 is 11.6 Å². The number of aromatic nitrogens is 1. The van der Waals surface area contributed by atoms with Crippen molar-refractivity contribution in [2.75, 3.05) is 18.0 Å². The van der Waals surface area contributed by atoms with Gasteiger partial charge in [-0.05, 0) is 26.0 Å². The third kappa shape index (κ3) is 3.67. The van der Waals surface area contributed by atoms with Gasteiger partial charge in [0.2, 0.25) is 0 Å². The number of hydrogen-bond acceptors (Lipinski definition) is 2. The van der Waals surface area contributed by atoms with Crippen LogP contribution in [0.25, 0.3) is 0 Å². The average Bonchev–Trinajstić information content (AvgIpc) is 2.49. The van der Waals surface area contributed by atoms with E-state index in [1.807, 2.05) is 54.9 Å². The van der Waals surface area contributed by atoms with Crippen molar-refractivity contribution in [1.29, 1.82) is 0 Å². The van der Waals surface area contributed by atoms with E-state index < -0.39 is 0 Å². The van der Waals surface area contributed by atoms with Gasteiger partial charge in [-0.3, -0.25) is 0 Å². The predicted molar refractivity (Wildman–Crippen MR) is 76.4 cm³/mol. The van der Waals surface area contributed by atoms with Crippen LogP contribution in [0.2, 0.25) is 0 Å². The summed E-state index contributed by atoms with van der Waals surface area (Å²) < 4.78 is 1.61. The molecule has 0 unspecified atom stereocenters. The van der Waals surface area contributed by atoms with E-state index in [-0.39, 0.29) is 22.9 Å². The maximum Gasteiger partial charge on any atom is 0.424 e. The average molecular weight is 335 g/mol.